The minimum Gasteiger partial charge on any atom is -0.386 e. The molecule has 1 saturated heterocycles. The Morgan fingerprint density at radius 1 is 1.55 bits per heavy atom. The molecule has 1 aromatic heterocycles. The molecule has 7 heteroatoms. The van der Waals surface area contributed by atoms with Gasteiger partial charge in [0.2, 0.25) is 0 Å². The van der Waals surface area contributed by atoms with E-state index in [1.165, 1.54) is 10.5 Å². The molecule has 1 unspecified atom stereocenters. The third-order valence-electron chi connectivity index (χ3n) is 3.83. The SMILES string of the molecule is CNc1cccnc1S(=O)(=O)N(C)CC1CCCN1C. The molecule has 0 spiro atoms. The number of nitrogens with one attached hydrogen (secondary N) is 1. The molecule has 2 rings (SSSR count). The van der Waals surface area contributed by atoms with Crippen LogP contribution < -0.4 is 5.32 Å². The Kier molecular flexibility index (Phi) is 4.62. The lowest BCUT2D eigenvalue weighted by Crippen LogP contribution is -2.39. The summed E-state index contributed by atoms with van der Waals surface area (Å²) in [7, 11) is 1.80. The topological polar surface area (TPSA) is 65.5 Å². The predicted octanol–water partition coefficient (Wildman–Crippen LogP) is 0.838. The first-order valence-corrected chi connectivity index (χ1v) is 8.20. The van der Waals surface area contributed by atoms with E-state index in [0.29, 0.717) is 12.2 Å². The van der Waals surface area contributed by atoms with E-state index in [1.54, 1.807) is 26.2 Å². The van der Waals surface area contributed by atoms with Crippen LogP contribution in [0, 0.1) is 0 Å². The molecule has 0 amide bonds. The molecule has 0 aliphatic carbocycles. The molecule has 1 aliphatic rings. The standard InChI is InChI=1S/C13H22N4O2S/c1-14-12-7-4-8-15-13(12)20(18,19)17(3)10-11-6-5-9-16(11)2/h4,7-8,11,14H,5-6,9-10H2,1-3H3. The zero-order valence-electron chi connectivity index (χ0n) is 12.2. The van der Waals surface area contributed by atoms with Crippen molar-refractivity contribution in [2.45, 2.75) is 23.9 Å². The van der Waals surface area contributed by atoms with E-state index in [9.17, 15) is 8.42 Å². The van der Waals surface area contributed by atoms with Crippen molar-refractivity contribution in [3.8, 4) is 0 Å². The molecule has 1 atom stereocenters. The maximum absolute atomic E-state index is 12.6. The zero-order chi connectivity index (χ0) is 14.8. The predicted molar refractivity (Wildman–Crippen MR) is 79.3 cm³/mol. The average Bonchev–Trinajstić information content (AvgIpc) is 2.84. The van der Waals surface area contributed by atoms with Crippen molar-refractivity contribution >= 4 is 15.7 Å². The molecule has 20 heavy (non-hydrogen) atoms. The number of likely N-dealkylation sites (N-methyl/N-ethyl adjacent to an activating group) is 2. The molecule has 2 heterocycles. The first kappa shape index (κ1) is 15.2. The summed E-state index contributed by atoms with van der Waals surface area (Å²) in [5.74, 6) is 0. The number of anilines is 1. The molecule has 1 aromatic rings. The average molecular weight is 298 g/mol. The van der Waals surface area contributed by atoms with Crippen LogP contribution >= 0.6 is 0 Å². The van der Waals surface area contributed by atoms with Gasteiger partial charge in [0, 0.05) is 32.9 Å². The van der Waals surface area contributed by atoms with Gasteiger partial charge < -0.3 is 10.2 Å². The molecule has 1 fully saturated rings. The van der Waals surface area contributed by atoms with Gasteiger partial charge in [0.15, 0.2) is 5.03 Å². The Balaban J connectivity index is 2.21. The van der Waals surface area contributed by atoms with E-state index in [0.717, 1.165) is 19.4 Å². The molecule has 6 nitrogen and oxygen atoms in total. The number of aromatic nitrogens is 1. The summed E-state index contributed by atoms with van der Waals surface area (Å²) >= 11 is 0. The quantitative estimate of drug-likeness (QED) is 0.872. The second-order valence-corrected chi connectivity index (χ2v) is 7.13. The van der Waals surface area contributed by atoms with Gasteiger partial charge in [-0.2, -0.15) is 4.31 Å². The molecule has 1 aliphatic heterocycles. The molecule has 1 N–H and O–H groups in total. The summed E-state index contributed by atoms with van der Waals surface area (Å²) in [6.07, 6.45) is 3.67. The summed E-state index contributed by atoms with van der Waals surface area (Å²) in [5, 5.41) is 2.97. The summed E-state index contributed by atoms with van der Waals surface area (Å²) < 4.78 is 26.6. The Morgan fingerprint density at radius 2 is 2.30 bits per heavy atom. The van der Waals surface area contributed by atoms with Gasteiger partial charge in [-0.25, -0.2) is 13.4 Å². The van der Waals surface area contributed by atoms with Crippen molar-refractivity contribution in [3.05, 3.63) is 18.3 Å². The van der Waals surface area contributed by atoms with Crippen LogP contribution in [0.1, 0.15) is 12.8 Å². The lowest BCUT2D eigenvalue weighted by Gasteiger charge is -2.25. The number of likely N-dealkylation sites (tertiary alicyclic amines) is 1. The zero-order valence-corrected chi connectivity index (χ0v) is 13.0. The Morgan fingerprint density at radius 3 is 2.90 bits per heavy atom. The van der Waals surface area contributed by atoms with Gasteiger partial charge in [-0.15, -0.1) is 0 Å². The number of nitrogens with zero attached hydrogens (tertiary/aromatic N) is 3. The molecule has 0 bridgehead atoms. The van der Waals surface area contributed by atoms with Crippen molar-refractivity contribution < 1.29 is 8.42 Å². The Bertz CT molecular complexity index is 561. The van der Waals surface area contributed by atoms with Crippen molar-refractivity contribution in [2.75, 3.05) is 39.5 Å². The largest absolute Gasteiger partial charge is 0.386 e. The first-order valence-electron chi connectivity index (χ1n) is 6.76. The fourth-order valence-electron chi connectivity index (χ4n) is 2.54. The monoisotopic (exact) mass is 298 g/mol. The molecule has 0 saturated carbocycles. The minimum atomic E-state index is -3.56. The van der Waals surface area contributed by atoms with Crippen LogP contribution in [0.5, 0.6) is 0 Å². The van der Waals surface area contributed by atoms with Crippen LogP contribution in [0.2, 0.25) is 0 Å². The second-order valence-electron chi connectivity index (χ2n) is 5.17. The molecule has 0 aromatic carbocycles. The van der Waals surface area contributed by atoms with Crippen LogP contribution in [-0.2, 0) is 10.0 Å². The highest BCUT2D eigenvalue weighted by molar-refractivity contribution is 7.89. The smallest absolute Gasteiger partial charge is 0.262 e. The molecular formula is C13H22N4O2S. The van der Waals surface area contributed by atoms with Crippen molar-refractivity contribution in [3.63, 3.8) is 0 Å². The normalized spacial score (nSPS) is 20.5. The highest BCUT2D eigenvalue weighted by atomic mass is 32.2. The summed E-state index contributed by atoms with van der Waals surface area (Å²) in [4.78, 5) is 6.24. The highest BCUT2D eigenvalue weighted by Crippen LogP contribution is 2.23. The first-order chi connectivity index (χ1) is 9.46. The third kappa shape index (κ3) is 2.94. The number of hydrogen-bond donors (Lipinski definition) is 1. The van der Waals surface area contributed by atoms with Crippen molar-refractivity contribution in [1.82, 2.24) is 14.2 Å². The summed E-state index contributed by atoms with van der Waals surface area (Å²) in [5.41, 5.74) is 0.527. The van der Waals surface area contributed by atoms with Crippen LogP contribution in [0.15, 0.2) is 23.4 Å². The van der Waals surface area contributed by atoms with Crippen LogP contribution in [0.25, 0.3) is 0 Å². The number of pyridine rings is 1. The van der Waals surface area contributed by atoms with E-state index in [2.05, 4.69) is 15.2 Å². The van der Waals surface area contributed by atoms with E-state index in [4.69, 9.17) is 0 Å². The van der Waals surface area contributed by atoms with Crippen LogP contribution in [0.3, 0.4) is 0 Å². The van der Waals surface area contributed by atoms with Gasteiger partial charge >= 0.3 is 0 Å². The second kappa shape index (κ2) is 6.07. The maximum atomic E-state index is 12.6. The van der Waals surface area contributed by atoms with Crippen LogP contribution in [-0.4, -0.2) is 62.9 Å². The maximum Gasteiger partial charge on any atom is 0.262 e. The van der Waals surface area contributed by atoms with Gasteiger partial charge in [0.05, 0.1) is 5.69 Å². The fourth-order valence-corrected chi connectivity index (χ4v) is 3.84. The van der Waals surface area contributed by atoms with E-state index < -0.39 is 10.0 Å². The molecular weight excluding hydrogens is 276 g/mol. The van der Waals surface area contributed by atoms with Gasteiger partial charge in [-0.3, -0.25) is 0 Å². The van der Waals surface area contributed by atoms with Crippen LogP contribution in [0.4, 0.5) is 5.69 Å². The molecule has 112 valence electrons. The van der Waals surface area contributed by atoms with Gasteiger partial charge in [-0.1, -0.05) is 0 Å². The lowest BCUT2D eigenvalue weighted by molar-refractivity contribution is 0.271. The summed E-state index contributed by atoms with van der Waals surface area (Å²) in [6, 6.07) is 3.72. The van der Waals surface area contributed by atoms with E-state index >= 15 is 0 Å². The number of hydrogen-bond acceptors (Lipinski definition) is 5. The van der Waals surface area contributed by atoms with Gasteiger partial charge in [0.1, 0.15) is 0 Å². The minimum absolute atomic E-state index is 0.0886. The van der Waals surface area contributed by atoms with Gasteiger partial charge in [-0.05, 0) is 38.6 Å². The Hall–Kier alpha value is -1.18. The summed E-state index contributed by atoms with van der Waals surface area (Å²) in [6.45, 7) is 1.53. The van der Waals surface area contributed by atoms with Gasteiger partial charge in [0.25, 0.3) is 10.0 Å². The highest BCUT2D eigenvalue weighted by Gasteiger charge is 2.30. The number of rotatable bonds is 5. The van der Waals surface area contributed by atoms with Crippen molar-refractivity contribution in [1.29, 1.82) is 0 Å². The Labute approximate surface area is 120 Å². The molecule has 0 radical (unpaired) electrons. The van der Waals surface area contributed by atoms with E-state index in [-0.39, 0.29) is 11.1 Å². The van der Waals surface area contributed by atoms with E-state index in [1.807, 2.05) is 7.05 Å². The lowest BCUT2D eigenvalue weighted by atomic mass is 10.2. The van der Waals surface area contributed by atoms with Crippen molar-refractivity contribution in [2.24, 2.45) is 0 Å². The third-order valence-corrected chi connectivity index (χ3v) is 5.62. The fraction of sp³-hybridized carbons (Fsp3) is 0.615. The number of sulfonamides is 1.